The molecule has 6 nitrogen and oxygen atoms in total. The number of benzene rings is 1. The van der Waals surface area contributed by atoms with Crippen molar-refractivity contribution in [3.8, 4) is 5.75 Å². The summed E-state index contributed by atoms with van der Waals surface area (Å²) < 4.78 is 5.07. The molecular weight excluding hydrogens is 272 g/mol. The average Bonchev–Trinajstić information content (AvgIpc) is 2.87. The maximum atomic E-state index is 12.1. The summed E-state index contributed by atoms with van der Waals surface area (Å²) in [6, 6.07) is 6.29. The highest BCUT2D eigenvalue weighted by molar-refractivity contribution is 5.83. The van der Waals surface area contributed by atoms with Gasteiger partial charge in [0.15, 0.2) is 0 Å². The van der Waals surface area contributed by atoms with E-state index in [0.717, 1.165) is 11.3 Å². The van der Waals surface area contributed by atoms with Crippen molar-refractivity contribution in [2.45, 2.75) is 25.9 Å². The zero-order valence-electron chi connectivity index (χ0n) is 12.2. The molecule has 2 rings (SSSR count). The molecule has 0 bridgehead atoms. The fourth-order valence-corrected chi connectivity index (χ4v) is 2.57. The van der Waals surface area contributed by atoms with E-state index in [2.05, 4.69) is 5.32 Å². The summed E-state index contributed by atoms with van der Waals surface area (Å²) in [5, 5.41) is 12.0. The molecule has 0 radical (unpaired) electrons. The van der Waals surface area contributed by atoms with Gasteiger partial charge in [0, 0.05) is 13.1 Å². The van der Waals surface area contributed by atoms with Crippen molar-refractivity contribution < 1.29 is 19.4 Å². The van der Waals surface area contributed by atoms with Crippen LogP contribution >= 0.6 is 0 Å². The molecule has 114 valence electrons. The zero-order valence-corrected chi connectivity index (χ0v) is 12.2. The first kappa shape index (κ1) is 15.2. The minimum atomic E-state index is -0.945. The number of hydrogen-bond donors (Lipinski definition) is 2. The summed E-state index contributed by atoms with van der Waals surface area (Å²) in [5.41, 5.74) is 0.934. The van der Waals surface area contributed by atoms with Crippen LogP contribution in [0.2, 0.25) is 0 Å². The van der Waals surface area contributed by atoms with Gasteiger partial charge >= 0.3 is 12.0 Å². The third-order valence-electron chi connectivity index (χ3n) is 3.82. The first-order chi connectivity index (χ1) is 10.0. The normalized spacial score (nSPS) is 21.1. The number of carboxylic acid groups (broad SMARTS) is 1. The van der Waals surface area contributed by atoms with Crippen LogP contribution in [0.3, 0.4) is 0 Å². The SMILES string of the molecule is COc1ccc(CNC(=O)N2CCC(C)C2C(=O)O)cc1. The van der Waals surface area contributed by atoms with Crippen LogP contribution in [0.4, 0.5) is 4.79 Å². The maximum absolute atomic E-state index is 12.1. The van der Waals surface area contributed by atoms with Crippen LogP contribution in [-0.2, 0) is 11.3 Å². The highest BCUT2D eigenvalue weighted by Crippen LogP contribution is 2.24. The summed E-state index contributed by atoms with van der Waals surface area (Å²) in [6.45, 7) is 2.70. The van der Waals surface area contributed by atoms with Gasteiger partial charge in [0.05, 0.1) is 7.11 Å². The largest absolute Gasteiger partial charge is 0.497 e. The molecule has 0 aromatic heterocycles. The van der Waals surface area contributed by atoms with Gasteiger partial charge in [0.1, 0.15) is 11.8 Å². The maximum Gasteiger partial charge on any atom is 0.326 e. The Hall–Kier alpha value is -2.24. The van der Waals surface area contributed by atoms with Crippen molar-refractivity contribution in [2.24, 2.45) is 5.92 Å². The van der Waals surface area contributed by atoms with Crippen molar-refractivity contribution >= 4 is 12.0 Å². The summed E-state index contributed by atoms with van der Waals surface area (Å²) >= 11 is 0. The Balaban J connectivity index is 1.93. The highest BCUT2D eigenvalue weighted by atomic mass is 16.5. The lowest BCUT2D eigenvalue weighted by Crippen LogP contribution is -2.47. The standard InChI is InChI=1S/C15H20N2O4/c1-10-7-8-17(13(10)14(18)19)15(20)16-9-11-3-5-12(21-2)6-4-11/h3-6,10,13H,7-9H2,1-2H3,(H,16,20)(H,18,19). The first-order valence-electron chi connectivity index (χ1n) is 6.93. The molecule has 2 atom stereocenters. The Bertz CT molecular complexity index is 515. The minimum absolute atomic E-state index is 0.0192. The Labute approximate surface area is 123 Å². The number of carbonyl (C=O) groups excluding carboxylic acids is 1. The summed E-state index contributed by atoms with van der Waals surface area (Å²) in [7, 11) is 1.59. The number of rotatable bonds is 4. The smallest absolute Gasteiger partial charge is 0.326 e. The molecular formula is C15H20N2O4. The van der Waals surface area contributed by atoms with Gasteiger partial charge in [-0.2, -0.15) is 0 Å². The number of amides is 2. The number of carbonyl (C=O) groups is 2. The van der Waals surface area contributed by atoms with E-state index >= 15 is 0 Å². The van der Waals surface area contributed by atoms with Crippen LogP contribution in [0.1, 0.15) is 18.9 Å². The Morgan fingerprint density at radius 1 is 1.38 bits per heavy atom. The van der Waals surface area contributed by atoms with Crippen molar-refractivity contribution in [3.63, 3.8) is 0 Å². The van der Waals surface area contributed by atoms with E-state index in [-0.39, 0.29) is 11.9 Å². The molecule has 1 aromatic carbocycles. The van der Waals surface area contributed by atoms with Crippen molar-refractivity contribution in [2.75, 3.05) is 13.7 Å². The molecule has 2 unspecified atom stereocenters. The summed E-state index contributed by atoms with van der Waals surface area (Å²) in [5.74, 6) is -0.210. The number of aliphatic carboxylic acids is 1. The van der Waals surface area contributed by atoms with Gasteiger partial charge in [-0.3, -0.25) is 0 Å². The van der Waals surface area contributed by atoms with Gasteiger partial charge in [-0.1, -0.05) is 19.1 Å². The van der Waals surface area contributed by atoms with E-state index in [1.807, 2.05) is 31.2 Å². The minimum Gasteiger partial charge on any atom is -0.497 e. The molecule has 1 aliphatic heterocycles. The molecule has 0 saturated carbocycles. The summed E-state index contributed by atoms with van der Waals surface area (Å²) in [4.78, 5) is 24.8. The van der Waals surface area contributed by atoms with Crippen LogP contribution < -0.4 is 10.1 Å². The molecule has 1 heterocycles. The molecule has 1 saturated heterocycles. The predicted molar refractivity (Wildman–Crippen MR) is 77.1 cm³/mol. The van der Waals surface area contributed by atoms with Crippen LogP contribution in [0.5, 0.6) is 5.75 Å². The molecule has 1 aromatic rings. The fourth-order valence-electron chi connectivity index (χ4n) is 2.57. The van der Waals surface area contributed by atoms with E-state index in [1.165, 1.54) is 4.90 Å². The topological polar surface area (TPSA) is 78.9 Å². The molecule has 21 heavy (non-hydrogen) atoms. The number of urea groups is 1. The van der Waals surface area contributed by atoms with Crippen molar-refractivity contribution in [1.82, 2.24) is 10.2 Å². The van der Waals surface area contributed by atoms with Gasteiger partial charge < -0.3 is 20.1 Å². The average molecular weight is 292 g/mol. The van der Waals surface area contributed by atoms with Gasteiger partial charge in [-0.25, -0.2) is 9.59 Å². The number of nitrogens with zero attached hydrogens (tertiary/aromatic N) is 1. The summed E-state index contributed by atoms with van der Waals surface area (Å²) in [6.07, 6.45) is 0.715. The monoisotopic (exact) mass is 292 g/mol. The Morgan fingerprint density at radius 3 is 2.62 bits per heavy atom. The van der Waals surface area contributed by atoms with Crippen LogP contribution in [0.15, 0.2) is 24.3 Å². The fraction of sp³-hybridized carbons (Fsp3) is 0.467. The number of carboxylic acids is 1. The number of hydrogen-bond acceptors (Lipinski definition) is 3. The molecule has 0 aliphatic carbocycles. The van der Waals surface area contributed by atoms with E-state index in [1.54, 1.807) is 7.11 Å². The highest BCUT2D eigenvalue weighted by Gasteiger charge is 2.39. The van der Waals surface area contributed by atoms with Gasteiger partial charge in [0.2, 0.25) is 0 Å². The Kier molecular flexibility index (Phi) is 4.67. The third kappa shape index (κ3) is 3.45. The molecule has 2 amide bonds. The number of nitrogens with one attached hydrogen (secondary N) is 1. The van der Waals surface area contributed by atoms with Gasteiger partial charge in [-0.15, -0.1) is 0 Å². The molecule has 6 heteroatoms. The molecule has 0 spiro atoms. The lowest BCUT2D eigenvalue weighted by molar-refractivity contribution is -0.142. The van der Waals surface area contributed by atoms with Crippen LogP contribution in [0.25, 0.3) is 0 Å². The van der Waals surface area contributed by atoms with Crippen molar-refractivity contribution in [3.05, 3.63) is 29.8 Å². The van der Waals surface area contributed by atoms with E-state index in [0.29, 0.717) is 19.5 Å². The molecule has 2 N–H and O–H groups in total. The molecule has 1 fully saturated rings. The number of methoxy groups -OCH3 is 1. The predicted octanol–water partition coefficient (Wildman–Crippen LogP) is 1.70. The number of ether oxygens (including phenoxy) is 1. The van der Waals surface area contributed by atoms with Gasteiger partial charge in [-0.05, 0) is 30.0 Å². The lowest BCUT2D eigenvalue weighted by atomic mass is 10.0. The van der Waals surface area contributed by atoms with Crippen LogP contribution in [-0.4, -0.2) is 41.7 Å². The van der Waals surface area contributed by atoms with E-state index in [9.17, 15) is 14.7 Å². The van der Waals surface area contributed by atoms with Crippen molar-refractivity contribution in [1.29, 1.82) is 0 Å². The van der Waals surface area contributed by atoms with E-state index in [4.69, 9.17) is 4.74 Å². The van der Waals surface area contributed by atoms with Gasteiger partial charge in [0.25, 0.3) is 0 Å². The molecule has 1 aliphatic rings. The van der Waals surface area contributed by atoms with E-state index < -0.39 is 12.0 Å². The number of likely N-dealkylation sites (tertiary alicyclic amines) is 1. The lowest BCUT2D eigenvalue weighted by Gasteiger charge is -2.23. The third-order valence-corrected chi connectivity index (χ3v) is 3.82. The second kappa shape index (κ2) is 6.47. The van der Waals surface area contributed by atoms with Crippen LogP contribution in [0, 0.1) is 5.92 Å². The quantitative estimate of drug-likeness (QED) is 0.885. The first-order valence-corrected chi connectivity index (χ1v) is 6.93. The second-order valence-electron chi connectivity index (χ2n) is 5.25. The second-order valence-corrected chi connectivity index (χ2v) is 5.25. The zero-order chi connectivity index (χ0) is 15.4. The Morgan fingerprint density at radius 2 is 2.05 bits per heavy atom.